The highest BCUT2D eigenvalue weighted by molar-refractivity contribution is 4.91. The highest BCUT2D eigenvalue weighted by Gasteiger charge is 2.01. The third-order valence-electron chi connectivity index (χ3n) is 2.04. The molecule has 1 rings (SSSR count). The molecule has 3 N–H and O–H groups in total. The van der Waals surface area contributed by atoms with Gasteiger partial charge in [0.15, 0.2) is 0 Å². The highest BCUT2D eigenvalue weighted by Crippen LogP contribution is 1.93. The molecule has 0 saturated carbocycles. The van der Waals surface area contributed by atoms with Gasteiger partial charge in [-0.3, -0.25) is 0 Å². The zero-order valence-corrected chi connectivity index (χ0v) is 8.35. The average Bonchev–Trinajstić information content (AvgIpc) is 2.58. The summed E-state index contributed by atoms with van der Waals surface area (Å²) in [6.45, 7) is 0.970. The van der Waals surface area contributed by atoms with Crippen molar-refractivity contribution in [3.8, 4) is 0 Å². The molecule has 0 bridgehead atoms. The maximum atomic E-state index is 9.04. The van der Waals surface area contributed by atoms with E-state index in [1.807, 2.05) is 17.8 Å². The average molecular weight is 199 g/mol. The van der Waals surface area contributed by atoms with Crippen LogP contribution in [0, 0.1) is 0 Å². The van der Waals surface area contributed by atoms with Gasteiger partial charge in [0.2, 0.25) is 0 Å². The summed E-state index contributed by atoms with van der Waals surface area (Å²) in [6.07, 6.45) is 3.81. The Kier molecular flexibility index (Phi) is 4.58. The van der Waals surface area contributed by atoms with Gasteiger partial charge >= 0.3 is 0 Å². The first-order valence-electron chi connectivity index (χ1n) is 4.70. The SMILES string of the molecule is Cn1ccnc1CCNC[C@H](O)CO. The van der Waals surface area contributed by atoms with Crippen molar-refractivity contribution in [1.82, 2.24) is 14.9 Å². The van der Waals surface area contributed by atoms with E-state index in [9.17, 15) is 0 Å². The summed E-state index contributed by atoms with van der Waals surface area (Å²) in [7, 11) is 1.95. The molecule has 0 fully saturated rings. The molecule has 80 valence electrons. The van der Waals surface area contributed by atoms with Gasteiger partial charge in [-0.25, -0.2) is 4.98 Å². The molecule has 14 heavy (non-hydrogen) atoms. The normalized spacial score (nSPS) is 13.1. The van der Waals surface area contributed by atoms with Crippen molar-refractivity contribution in [2.75, 3.05) is 19.7 Å². The van der Waals surface area contributed by atoms with E-state index >= 15 is 0 Å². The summed E-state index contributed by atoms with van der Waals surface area (Å²) in [5.41, 5.74) is 0. The molecular weight excluding hydrogens is 182 g/mol. The third kappa shape index (κ3) is 3.45. The fourth-order valence-electron chi connectivity index (χ4n) is 1.17. The highest BCUT2D eigenvalue weighted by atomic mass is 16.3. The second kappa shape index (κ2) is 5.74. The Morgan fingerprint density at radius 3 is 3.00 bits per heavy atom. The molecule has 0 aliphatic carbocycles. The quantitative estimate of drug-likeness (QED) is 0.509. The Hall–Kier alpha value is -0.910. The van der Waals surface area contributed by atoms with Crippen LogP contribution in [0.5, 0.6) is 0 Å². The standard InChI is InChI=1S/C9H17N3O2/c1-12-5-4-11-9(12)2-3-10-6-8(14)7-13/h4-5,8,10,13-14H,2-3,6-7H2,1H3/t8-/m0/s1. The second-order valence-electron chi connectivity index (χ2n) is 3.24. The number of aryl methyl sites for hydroxylation is 1. The minimum Gasteiger partial charge on any atom is -0.394 e. The predicted molar refractivity (Wildman–Crippen MR) is 52.9 cm³/mol. The van der Waals surface area contributed by atoms with Crippen LogP contribution in [-0.2, 0) is 13.5 Å². The van der Waals surface area contributed by atoms with Crippen LogP contribution in [-0.4, -0.2) is 45.6 Å². The van der Waals surface area contributed by atoms with E-state index in [0.717, 1.165) is 18.8 Å². The van der Waals surface area contributed by atoms with E-state index in [1.165, 1.54) is 0 Å². The summed E-state index contributed by atoms with van der Waals surface area (Å²) in [5, 5.41) is 20.6. The van der Waals surface area contributed by atoms with Gasteiger partial charge in [-0.15, -0.1) is 0 Å². The molecule has 0 radical (unpaired) electrons. The monoisotopic (exact) mass is 199 g/mol. The molecule has 0 aliphatic heterocycles. The Balaban J connectivity index is 2.13. The molecule has 0 saturated heterocycles. The number of nitrogens with one attached hydrogen (secondary N) is 1. The van der Waals surface area contributed by atoms with Gasteiger partial charge in [0, 0.05) is 39.0 Å². The molecule has 1 aromatic heterocycles. The molecule has 1 heterocycles. The van der Waals surface area contributed by atoms with Crippen LogP contribution >= 0.6 is 0 Å². The van der Waals surface area contributed by atoms with E-state index in [-0.39, 0.29) is 6.61 Å². The van der Waals surface area contributed by atoms with Crippen LogP contribution in [0.25, 0.3) is 0 Å². The molecule has 5 heteroatoms. The number of nitrogens with zero attached hydrogens (tertiary/aromatic N) is 2. The first-order valence-corrected chi connectivity index (χ1v) is 4.70. The van der Waals surface area contributed by atoms with Crippen molar-refractivity contribution in [2.24, 2.45) is 7.05 Å². The molecule has 1 aromatic rings. The largest absolute Gasteiger partial charge is 0.394 e. The summed E-state index contributed by atoms with van der Waals surface area (Å²) in [6, 6.07) is 0. The van der Waals surface area contributed by atoms with Crippen LogP contribution in [0.15, 0.2) is 12.4 Å². The zero-order valence-electron chi connectivity index (χ0n) is 8.35. The molecule has 0 spiro atoms. The smallest absolute Gasteiger partial charge is 0.109 e. The molecule has 0 amide bonds. The van der Waals surface area contributed by atoms with Gasteiger partial charge < -0.3 is 20.1 Å². The first-order chi connectivity index (χ1) is 6.74. The maximum absolute atomic E-state index is 9.04. The van der Waals surface area contributed by atoms with E-state index in [1.54, 1.807) is 6.20 Å². The molecule has 0 aromatic carbocycles. The number of aromatic nitrogens is 2. The van der Waals surface area contributed by atoms with Crippen molar-refractivity contribution in [2.45, 2.75) is 12.5 Å². The van der Waals surface area contributed by atoms with Crippen LogP contribution in [0.2, 0.25) is 0 Å². The van der Waals surface area contributed by atoms with Crippen molar-refractivity contribution in [3.05, 3.63) is 18.2 Å². The Bertz CT molecular complexity index is 262. The lowest BCUT2D eigenvalue weighted by molar-refractivity contribution is 0.0946. The van der Waals surface area contributed by atoms with E-state index in [2.05, 4.69) is 10.3 Å². The lowest BCUT2D eigenvalue weighted by atomic mass is 10.3. The van der Waals surface area contributed by atoms with Gasteiger partial charge in [0.05, 0.1) is 12.7 Å². The van der Waals surface area contributed by atoms with Crippen molar-refractivity contribution in [3.63, 3.8) is 0 Å². The topological polar surface area (TPSA) is 70.3 Å². The number of hydrogen-bond donors (Lipinski definition) is 3. The summed E-state index contributed by atoms with van der Waals surface area (Å²) in [5.74, 6) is 1.01. The van der Waals surface area contributed by atoms with Crippen LogP contribution < -0.4 is 5.32 Å². The van der Waals surface area contributed by atoms with Crippen LogP contribution in [0.4, 0.5) is 0 Å². The second-order valence-corrected chi connectivity index (χ2v) is 3.24. The zero-order chi connectivity index (χ0) is 10.4. The van der Waals surface area contributed by atoms with E-state index < -0.39 is 6.10 Å². The number of hydrogen-bond acceptors (Lipinski definition) is 4. The lowest BCUT2D eigenvalue weighted by Gasteiger charge is -2.08. The maximum Gasteiger partial charge on any atom is 0.109 e. The van der Waals surface area contributed by atoms with Crippen molar-refractivity contribution < 1.29 is 10.2 Å². The number of rotatable bonds is 6. The summed E-state index contributed by atoms with van der Waals surface area (Å²) < 4.78 is 1.96. The Morgan fingerprint density at radius 1 is 1.64 bits per heavy atom. The fraction of sp³-hybridized carbons (Fsp3) is 0.667. The number of aliphatic hydroxyl groups is 2. The predicted octanol–water partition coefficient (Wildman–Crippen LogP) is -1.09. The minimum atomic E-state index is -0.670. The molecule has 0 aliphatic rings. The van der Waals surface area contributed by atoms with Gasteiger partial charge in [0.25, 0.3) is 0 Å². The molecular formula is C9H17N3O2. The van der Waals surface area contributed by atoms with Gasteiger partial charge in [-0.1, -0.05) is 0 Å². The van der Waals surface area contributed by atoms with Crippen molar-refractivity contribution in [1.29, 1.82) is 0 Å². The van der Waals surface area contributed by atoms with Crippen LogP contribution in [0.3, 0.4) is 0 Å². The lowest BCUT2D eigenvalue weighted by Crippen LogP contribution is -2.31. The van der Waals surface area contributed by atoms with Gasteiger partial charge in [0.1, 0.15) is 5.82 Å². The minimum absolute atomic E-state index is 0.199. The van der Waals surface area contributed by atoms with E-state index in [4.69, 9.17) is 10.2 Å². The summed E-state index contributed by atoms with van der Waals surface area (Å²) >= 11 is 0. The number of imidazole rings is 1. The Morgan fingerprint density at radius 2 is 2.43 bits per heavy atom. The van der Waals surface area contributed by atoms with Crippen molar-refractivity contribution >= 4 is 0 Å². The van der Waals surface area contributed by atoms with E-state index in [0.29, 0.717) is 6.54 Å². The summed E-state index contributed by atoms with van der Waals surface area (Å²) in [4.78, 5) is 4.16. The van der Waals surface area contributed by atoms with Gasteiger partial charge in [-0.2, -0.15) is 0 Å². The van der Waals surface area contributed by atoms with Gasteiger partial charge in [-0.05, 0) is 0 Å². The Labute approximate surface area is 83.4 Å². The fourth-order valence-corrected chi connectivity index (χ4v) is 1.17. The van der Waals surface area contributed by atoms with Crippen LogP contribution in [0.1, 0.15) is 5.82 Å². The molecule has 1 atom stereocenters. The first kappa shape index (κ1) is 11.2. The number of aliphatic hydroxyl groups excluding tert-OH is 2. The third-order valence-corrected chi connectivity index (χ3v) is 2.04. The molecule has 5 nitrogen and oxygen atoms in total. The molecule has 0 unspecified atom stereocenters.